The number of carbonyl (C=O) groups is 2. The van der Waals surface area contributed by atoms with Crippen molar-refractivity contribution in [2.45, 2.75) is 26.3 Å². The third-order valence-corrected chi connectivity index (χ3v) is 3.31. The number of amides is 1. The number of benzene rings is 1. The van der Waals surface area contributed by atoms with Crippen molar-refractivity contribution in [3.05, 3.63) is 46.2 Å². The van der Waals surface area contributed by atoms with Gasteiger partial charge in [-0.05, 0) is 18.4 Å². The minimum absolute atomic E-state index is 0.123. The fourth-order valence-electron chi connectivity index (χ4n) is 2.32. The zero-order valence-electron chi connectivity index (χ0n) is 12.4. The number of hydrogen-bond donors (Lipinski definition) is 3. The largest absolute Gasteiger partial charge is 0.480 e. The summed E-state index contributed by atoms with van der Waals surface area (Å²) in [4.78, 5) is 37.9. The van der Waals surface area contributed by atoms with Crippen molar-refractivity contribution < 1.29 is 14.7 Å². The number of aromatic amines is 1. The molecule has 1 aromatic heterocycles. The van der Waals surface area contributed by atoms with Gasteiger partial charge >= 0.3 is 5.97 Å². The second-order valence-electron chi connectivity index (χ2n) is 5.59. The highest BCUT2D eigenvalue weighted by Crippen LogP contribution is 2.15. The number of nitrogens with one attached hydrogen (secondary N) is 2. The van der Waals surface area contributed by atoms with Crippen molar-refractivity contribution >= 4 is 22.8 Å². The van der Waals surface area contributed by atoms with Crippen LogP contribution in [0, 0.1) is 5.92 Å². The molecule has 0 bridgehead atoms. The lowest BCUT2D eigenvalue weighted by atomic mass is 10.0. The molecule has 1 atom stereocenters. The van der Waals surface area contributed by atoms with Crippen LogP contribution < -0.4 is 10.9 Å². The number of aliphatic carboxylic acids is 1. The predicted molar refractivity (Wildman–Crippen MR) is 82.9 cm³/mol. The molecule has 0 aliphatic heterocycles. The first-order chi connectivity index (χ1) is 10.4. The number of aromatic nitrogens is 1. The number of carboxylic acid groups (broad SMARTS) is 1. The van der Waals surface area contributed by atoms with E-state index in [1.807, 2.05) is 13.8 Å². The number of para-hydroxylation sites is 1. The van der Waals surface area contributed by atoms with Crippen LogP contribution in [-0.2, 0) is 4.79 Å². The molecule has 1 aromatic carbocycles. The van der Waals surface area contributed by atoms with Gasteiger partial charge in [-0.1, -0.05) is 32.0 Å². The highest BCUT2D eigenvalue weighted by atomic mass is 16.4. The smallest absolute Gasteiger partial charge is 0.326 e. The summed E-state index contributed by atoms with van der Waals surface area (Å²) in [5.74, 6) is -1.52. The minimum atomic E-state index is -1.09. The molecule has 0 saturated carbocycles. The van der Waals surface area contributed by atoms with Crippen LogP contribution in [0.3, 0.4) is 0 Å². The number of H-pyrrole nitrogens is 1. The quantitative estimate of drug-likeness (QED) is 0.783. The Labute approximate surface area is 127 Å². The van der Waals surface area contributed by atoms with Gasteiger partial charge in [-0.25, -0.2) is 4.79 Å². The Morgan fingerprint density at radius 3 is 2.59 bits per heavy atom. The van der Waals surface area contributed by atoms with E-state index in [4.69, 9.17) is 0 Å². The van der Waals surface area contributed by atoms with E-state index < -0.39 is 23.5 Å². The highest BCUT2D eigenvalue weighted by molar-refractivity contribution is 6.06. The van der Waals surface area contributed by atoms with Crippen LogP contribution in [0.25, 0.3) is 10.9 Å². The topological polar surface area (TPSA) is 99.3 Å². The van der Waals surface area contributed by atoms with Gasteiger partial charge in [0.2, 0.25) is 5.56 Å². The van der Waals surface area contributed by atoms with Crippen LogP contribution in [0.1, 0.15) is 30.6 Å². The molecule has 2 rings (SSSR count). The molecule has 0 spiro atoms. The first-order valence-corrected chi connectivity index (χ1v) is 7.04. The van der Waals surface area contributed by atoms with Crippen LogP contribution in [-0.4, -0.2) is 28.0 Å². The van der Waals surface area contributed by atoms with Crippen molar-refractivity contribution in [1.82, 2.24) is 10.3 Å². The van der Waals surface area contributed by atoms with E-state index in [2.05, 4.69) is 10.3 Å². The molecular weight excluding hydrogens is 284 g/mol. The van der Waals surface area contributed by atoms with Gasteiger partial charge in [-0.15, -0.1) is 0 Å². The molecule has 0 fully saturated rings. The first kappa shape index (κ1) is 15.8. The summed E-state index contributed by atoms with van der Waals surface area (Å²) in [6, 6.07) is 7.10. The second kappa shape index (κ2) is 6.43. The zero-order chi connectivity index (χ0) is 16.3. The Hall–Kier alpha value is -2.63. The van der Waals surface area contributed by atoms with E-state index in [0.717, 1.165) is 0 Å². The van der Waals surface area contributed by atoms with Gasteiger partial charge in [0.15, 0.2) is 0 Å². The van der Waals surface area contributed by atoms with E-state index in [1.54, 1.807) is 24.3 Å². The summed E-state index contributed by atoms with van der Waals surface area (Å²) < 4.78 is 0. The number of hydrogen-bond acceptors (Lipinski definition) is 3. The van der Waals surface area contributed by atoms with Crippen LogP contribution in [0.5, 0.6) is 0 Å². The SMILES string of the molecule is CC(C)CC(NC(=O)c1cc(=O)[nH]c2ccccc12)C(=O)O. The summed E-state index contributed by atoms with van der Waals surface area (Å²) in [6.07, 6.45) is 0.322. The third kappa shape index (κ3) is 3.52. The summed E-state index contributed by atoms with van der Waals surface area (Å²) in [6.45, 7) is 3.76. The van der Waals surface area contributed by atoms with Gasteiger partial charge in [-0.3, -0.25) is 9.59 Å². The van der Waals surface area contributed by atoms with Gasteiger partial charge in [0.05, 0.1) is 5.56 Å². The minimum Gasteiger partial charge on any atom is -0.480 e. The van der Waals surface area contributed by atoms with E-state index in [0.29, 0.717) is 17.3 Å². The number of pyridine rings is 1. The molecule has 1 amide bonds. The Morgan fingerprint density at radius 2 is 1.95 bits per heavy atom. The van der Waals surface area contributed by atoms with Crippen LogP contribution >= 0.6 is 0 Å². The zero-order valence-corrected chi connectivity index (χ0v) is 12.4. The van der Waals surface area contributed by atoms with E-state index >= 15 is 0 Å². The van der Waals surface area contributed by atoms with Gasteiger partial charge in [0.25, 0.3) is 5.91 Å². The molecule has 0 aliphatic carbocycles. The molecule has 1 heterocycles. The Bertz CT molecular complexity index is 764. The second-order valence-corrected chi connectivity index (χ2v) is 5.59. The third-order valence-electron chi connectivity index (χ3n) is 3.31. The Morgan fingerprint density at radius 1 is 1.27 bits per heavy atom. The molecule has 0 saturated heterocycles. The van der Waals surface area contributed by atoms with E-state index in [9.17, 15) is 19.5 Å². The predicted octanol–water partition coefficient (Wildman–Crippen LogP) is 1.76. The number of carboxylic acids is 1. The first-order valence-electron chi connectivity index (χ1n) is 7.04. The lowest BCUT2D eigenvalue weighted by Gasteiger charge is -2.17. The molecule has 116 valence electrons. The van der Waals surface area contributed by atoms with Crippen LogP contribution in [0.4, 0.5) is 0 Å². The molecule has 3 N–H and O–H groups in total. The van der Waals surface area contributed by atoms with Crippen LogP contribution in [0.15, 0.2) is 35.1 Å². The van der Waals surface area contributed by atoms with Crippen molar-refractivity contribution in [2.75, 3.05) is 0 Å². The Balaban J connectivity index is 2.37. The molecule has 6 nitrogen and oxygen atoms in total. The normalized spacial score (nSPS) is 12.3. The number of carbonyl (C=O) groups excluding carboxylic acids is 1. The van der Waals surface area contributed by atoms with Gasteiger partial charge in [0, 0.05) is 17.0 Å². The van der Waals surface area contributed by atoms with Crippen molar-refractivity contribution in [3.8, 4) is 0 Å². The summed E-state index contributed by atoms with van der Waals surface area (Å²) in [5.41, 5.74) is 0.310. The lowest BCUT2D eigenvalue weighted by Crippen LogP contribution is -2.42. The average molecular weight is 302 g/mol. The fraction of sp³-hybridized carbons (Fsp3) is 0.312. The maximum Gasteiger partial charge on any atom is 0.326 e. The van der Waals surface area contributed by atoms with Crippen molar-refractivity contribution in [3.63, 3.8) is 0 Å². The maximum atomic E-state index is 12.4. The van der Waals surface area contributed by atoms with E-state index in [-0.39, 0.29) is 11.5 Å². The van der Waals surface area contributed by atoms with Gasteiger partial charge < -0.3 is 15.4 Å². The molecule has 22 heavy (non-hydrogen) atoms. The summed E-state index contributed by atoms with van der Waals surface area (Å²) >= 11 is 0. The Kier molecular flexibility index (Phi) is 4.60. The average Bonchev–Trinajstić information content (AvgIpc) is 2.44. The lowest BCUT2D eigenvalue weighted by molar-refractivity contribution is -0.139. The summed E-state index contributed by atoms with van der Waals surface area (Å²) in [7, 11) is 0. The van der Waals surface area contributed by atoms with Gasteiger partial charge in [0.1, 0.15) is 6.04 Å². The van der Waals surface area contributed by atoms with E-state index in [1.165, 1.54) is 6.07 Å². The molecule has 0 radical (unpaired) electrons. The molecule has 2 aromatic rings. The van der Waals surface area contributed by atoms with Crippen LogP contribution in [0.2, 0.25) is 0 Å². The molecule has 6 heteroatoms. The number of rotatable bonds is 5. The molecular formula is C16H18N2O4. The fourth-order valence-corrected chi connectivity index (χ4v) is 2.32. The molecule has 0 aliphatic rings. The summed E-state index contributed by atoms with van der Waals surface area (Å²) in [5, 5.41) is 12.3. The van der Waals surface area contributed by atoms with Gasteiger partial charge in [-0.2, -0.15) is 0 Å². The van der Waals surface area contributed by atoms with Crippen molar-refractivity contribution in [2.24, 2.45) is 5.92 Å². The molecule has 1 unspecified atom stereocenters. The van der Waals surface area contributed by atoms with Crippen molar-refractivity contribution in [1.29, 1.82) is 0 Å². The maximum absolute atomic E-state index is 12.4. The standard InChI is InChI=1S/C16H18N2O4/c1-9(2)7-13(16(21)22)18-15(20)11-8-14(19)17-12-6-4-3-5-10(11)12/h3-6,8-9,13H,7H2,1-2H3,(H,17,19)(H,18,20)(H,21,22). The number of fused-ring (bicyclic) bond motifs is 1. The monoisotopic (exact) mass is 302 g/mol. The highest BCUT2D eigenvalue weighted by Gasteiger charge is 2.22.